The zero-order valence-electron chi connectivity index (χ0n) is 18.9. The molecule has 2 unspecified atom stereocenters. The number of rotatable bonds is 17. The normalized spacial score (nSPS) is 17.3. The van der Waals surface area contributed by atoms with E-state index in [2.05, 4.69) is 20.8 Å². The van der Waals surface area contributed by atoms with Gasteiger partial charge in [0.1, 0.15) is 6.10 Å². The van der Waals surface area contributed by atoms with Crippen molar-refractivity contribution in [2.75, 3.05) is 41.2 Å². The predicted octanol–water partition coefficient (Wildman–Crippen LogP) is 5.56. The maximum Gasteiger partial charge on any atom is 0.285 e. The highest BCUT2D eigenvalue weighted by molar-refractivity contribution is 4.71. The van der Waals surface area contributed by atoms with Crippen LogP contribution < -0.4 is 0 Å². The van der Waals surface area contributed by atoms with Crippen molar-refractivity contribution in [3.8, 4) is 0 Å². The van der Waals surface area contributed by atoms with Crippen molar-refractivity contribution in [1.29, 1.82) is 0 Å². The lowest BCUT2D eigenvalue weighted by atomic mass is 9.93. The molecule has 0 amide bonds. The molecule has 0 aromatic heterocycles. The molecule has 0 radical (unpaired) electrons. The summed E-state index contributed by atoms with van der Waals surface area (Å²) in [5, 5.41) is 0. The van der Waals surface area contributed by atoms with Gasteiger partial charge in [0.2, 0.25) is 0 Å². The Morgan fingerprint density at radius 1 is 0.815 bits per heavy atom. The minimum absolute atomic E-state index is 0.309. The zero-order valence-corrected chi connectivity index (χ0v) is 18.9. The number of hydrogen-bond donors (Lipinski definition) is 0. The van der Waals surface area contributed by atoms with Crippen molar-refractivity contribution >= 4 is 0 Å². The lowest BCUT2D eigenvalue weighted by Gasteiger charge is -2.36. The highest BCUT2D eigenvalue weighted by Crippen LogP contribution is 2.32. The van der Waals surface area contributed by atoms with Crippen molar-refractivity contribution in [3.63, 3.8) is 0 Å². The molecule has 27 heavy (non-hydrogen) atoms. The summed E-state index contributed by atoms with van der Waals surface area (Å²) < 4.78 is 26.6. The molecule has 0 aliphatic carbocycles. The fourth-order valence-electron chi connectivity index (χ4n) is 3.29. The zero-order chi connectivity index (χ0) is 20.4. The maximum absolute atomic E-state index is 5.50. The average Bonchev–Trinajstić information content (AvgIpc) is 3.51. The van der Waals surface area contributed by atoms with Gasteiger partial charge in [-0.15, -0.1) is 0 Å². The fraction of sp³-hybridized carbons (Fsp3) is 1.00. The molecule has 0 saturated carbocycles. The first kappa shape index (κ1) is 26.8. The van der Waals surface area contributed by atoms with Crippen LogP contribution in [0.1, 0.15) is 85.0 Å². The van der Waals surface area contributed by atoms with E-state index in [9.17, 15) is 0 Å². The molecular formula is C22H46O5. The van der Waals surface area contributed by atoms with Crippen molar-refractivity contribution in [2.24, 2.45) is 5.92 Å². The van der Waals surface area contributed by atoms with Crippen molar-refractivity contribution in [2.45, 2.75) is 97.1 Å². The third kappa shape index (κ3) is 12.8. The second-order valence-corrected chi connectivity index (χ2v) is 7.29. The predicted molar refractivity (Wildman–Crippen MR) is 111 cm³/mol. The van der Waals surface area contributed by atoms with Gasteiger partial charge < -0.3 is 23.7 Å². The van der Waals surface area contributed by atoms with Crippen LogP contribution in [0.3, 0.4) is 0 Å². The molecule has 0 aromatic carbocycles. The SMILES string of the molecule is CCCCCCCCC(CCC)C(OC)(OC)OC.CCCOCC1CO1. The monoisotopic (exact) mass is 390 g/mol. The molecule has 1 fully saturated rings. The number of methoxy groups -OCH3 is 3. The molecule has 0 bridgehead atoms. The molecule has 5 nitrogen and oxygen atoms in total. The van der Waals surface area contributed by atoms with Gasteiger partial charge >= 0.3 is 0 Å². The number of unbranched alkanes of at least 4 members (excludes halogenated alkanes) is 5. The van der Waals surface area contributed by atoms with E-state index in [0.717, 1.165) is 45.5 Å². The Morgan fingerprint density at radius 2 is 1.41 bits per heavy atom. The minimum Gasteiger partial charge on any atom is -0.379 e. The van der Waals surface area contributed by atoms with Crippen LogP contribution in [0.15, 0.2) is 0 Å². The molecular weight excluding hydrogens is 344 g/mol. The molecule has 1 heterocycles. The van der Waals surface area contributed by atoms with Crippen LogP contribution in [0.5, 0.6) is 0 Å². The van der Waals surface area contributed by atoms with Gasteiger partial charge in [-0.1, -0.05) is 65.7 Å². The summed E-state index contributed by atoms with van der Waals surface area (Å²) in [6, 6.07) is 0. The molecule has 0 spiro atoms. The quantitative estimate of drug-likeness (QED) is 0.185. The van der Waals surface area contributed by atoms with Crippen LogP contribution in [0.25, 0.3) is 0 Å². The summed E-state index contributed by atoms with van der Waals surface area (Å²) in [6.45, 7) is 9.13. The van der Waals surface area contributed by atoms with E-state index in [0.29, 0.717) is 12.0 Å². The second kappa shape index (κ2) is 17.9. The van der Waals surface area contributed by atoms with Crippen LogP contribution in [0, 0.1) is 5.92 Å². The van der Waals surface area contributed by atoms with Crippen LogP contribution in [-0.2, 0) is 23.7 Å². The lowest BCUT2D eigenvalue weighted by molar-refractivity contribution is -0.380. The van der Waals surface area contributed by atoms with Gasteiger partial charge in [-0.05, 0) is 19.3 Å². The summed E-state index contributed by atoms with van der Waals surface area (Å²) in [5.74, 6) is -0.553. The number of epoxide rings is 1. The molecule has 1 rings (SSSR count). The molecule has 2 atom stereocenters. The minimum atomic E-state index is -0.862. The summed E-state index contributed by atoms with van der Waals surface area (Å²) in [5.41, 5.74) is 0. The Morgan fingerprint density at radius 3 is 1.89 bits per heavy atom. The Kier molecular flexibility index (Phi) is 17.7. The molecule has 1 saturated heterocycles. The topological polar surface area (TPSA) is 49.5 Å². The first-order valence-electron chi connectivity index (χ1n) is 11.0. The summed E-state index contributed by atoms with van der Waals surface area (Å²) in [6.07, 6.45) is 12.7. The van der Waals surface area contributed by atoms with Crippen molar-refractivity contribution < 1.29 is 23.7 Å². The van der Waals surface area contributed by atoms with Gasteiger partial charge in [-0.3, -0.25) is 0 Å². The first-order chi connectivity index (χ1) is 13.1. The Bertz CT molecular complexity index is 295. The average molecular weight is 391 g/mol. The van der Waals surface area contributed by atoms with Crippen molar-refractivity contribution in [1.82, 2.24) is 0 Å². The molecule has 164 valence electrons. The molecule has 0 aromatic rings. The van der Waals surface area contributed by atoms with E-state index in [1.54, 1.807) is 21.3 Å². The van der Waals surface area contributed by atoms with E-state index in [-0.39, 0.29) is 0 Å². The Balaban J connectivity index is 0.000000694. The van der Waals surface area contributed by atoms with E-state index < -0.39 is 5.97 Å². The third-order valence-corrected chi connectivity index (χ3v) is 4.95. The summed E-state index contributed by atoms with van der Waals surface area (Å²) >= 11 is 0. The Hall–Kier alpha value is -0.200. The summed E-state index contributed by atoms with van der Waals surface area (Å²) in [7, 11) is 4.99. The molecule has 0 N–H and O–H groups in total. The molecule has 1 aliphatic heterocycles. The van der Waals surface area contributed by atoms with Crippen LogP contribution in [0.2, 0.25) is 0 Å². The van der Waals surface area contributed by atoms with Gasteiger partial charge in [0.05, 0.1) is 13.2 Å². The van der Waals surface area contributed by atoms with E-state index in [1.807, 2.05) is 0 Å². The van der Waals surface area contributed by atoms with Gasteiger partial charge in [-0.2, -0.15) is 0 Å². The van der Waals surface area contributed by atoms with E-state index in [1.165, 1.54) is 38.5 Å². The standard InChI is InChI=1S/C16H34O3.C6H12O2/c1-6-8-9-10-11-12-14-15(13-7-2)16(17-3,18-4)19-5;1-2-3-7-4-6-5-8-6/h15H,6-14H2,1-5H3;6H,2-5H2,1H3. The smallest absolute Gasteiger partial charge is 0.285 e. The largest absolute Gasteiger partial charge is 0.379 e. The van der Waals surface area contributed by atoms with Gasteiger partial charge in [0.15, 0.2) is 0 Å². The maximum atomic E-state index is 5.50. The second-order valence-electron chi connectivity index (χ2n) is 7.29. The van der Waals surface area contributed by atoms with Crippen LogP contribution >= 0.6 is 0 Å². The summed E-state index contributed by atoms with van der Waals surface area (Å²) in [4.78, 5) is 0. The number of hydrogen-bond acceptors (Lipinski definition) is 5. The first-order valence-corrected chi connectivity index (χ1v) is 11.0. The fourth-order valence-corrected chi connectivity index (χ4v) is 3.29. The van der Waals surface area contributed by atoms with Gasteiger partial charge in [0.25, 0.3) is 5.97 Å². The van der Waals surface area contributed by atoms with Crippen LogP contribution in [0.4, 0.5) is 0 Å². The Labute approximate surface area is 168 Å². The lowest BCUT2D eigenvalue weighted by Crippen LogP contribution is -2.44. The highest BCUT2D eigenvalue weighted by Gasteiger charge is 2.38. The molecule has 5 heteroatoms. The van der Waals surface area contributed by atoms with Gasteiger partial charge in [-0.25, -0.2) is 0 Å². The highest BCUT2D eigenvalue weighted by atomic mass is 16.9. The molecule has 1 aliphatic rings. The third-order valence-electron chi connectivity index (χ3n) is 4.95. The van der Waals surface area contributed by atoms with E-state index >= 15 is 0 Å². The van der Waals surface area contributed by atoms with Crippen molar-refractivity contribution in [3.05, 3.63) is 0 Å². The van der Waals surface area contributed by atoms with Gasteiger partial charge in [0, 0.05) is 33.9 Å². The number of ether oxygens (including phenoxy) is 5. The van der Waals surface area contributed by atoms with Crippen LogP contribution in [-0.4, -0.2) is 53.2 Å². The van der Waals surface area contributed by atoms with E-state index in [4.69, 9.17) is 23.7 Å².